The third kappa shape index (κ3) is 9.86. The molecule has 0 spiro atoms. The van der Waals surface area contributed by atoms with Gasteiger partial charge in [-0.05, 0) is 110 Å². The van der Waals surface area contributed by atoms with Crippen molar-refractivity contribution in [1.29, 1.82) is 0 Å². The van der Waals surface area contributed by atoms with Crippen molar-refractivity contribution < 1.29 is 9.94 Å². The number of hydrogen-bond acceptors (Lipinski definition) is 8. The zero-order valence-corrected chi connectivity index (χ0v) is 45.7. The maximum Gasteiger partial charge on any atom is 0.310 e. The van der Waals surface area contributed by atoms with Crippen LogP contribution in [0.1, 0.15) is 0 Å². The molecule has 0 amide bonds. The first kappa shape index (κ1) is 51.5. The topological polar surface area (TPSA) is 154 Å². The highest BCUT2D eigenvalue weighted by molar-refractivity contribution is 5.98. The molecule has 8 aromatic heterocycles. The average molecular weight is 1090 g/mol. The fourth-order valence-electron chi connectivity index (χ4n) is 10.6. The van der Waals surface area contributed by atoms with E-state index in [1.165, 1.54) is 32.3 Å². The van der Waals surface area contributed by atoms with Crippen LogP contribution in [0.5, 0.6) is 0 Å². The molecule has 16 rings (SSSR count). The Morgan fingerprint density at radius 3 is 1.35 bits per heavy atom. The van der Waals surface area contributed by atoms with E-state index in [9.17, 15) is 5.21 Å². The van der Waals surface area contributed by atoms with Gasteiger partial charge in [0.05, 0.1) is 5.52 Å². The molecule has 0 aliphatic rings. The van der Waals surface area contributed by atoms with Crippen LogP contribution in [-0.2, 0) is 21.1 Å². The van der Waals surface area contributed by atoms with E-state index in [0.29, 0.717) is 11.6 Å². The van der Waals surface area contributed by atoms with Crippen molar-refractivity contribution in [3.05, 3.63) is 254 Å². The summed E-state index contributed by atoms with van der Waals surface area (Å²) < 4.78 is 6.60. The highest BCUT2D eigenvalue weighted by atomic mass is 16.5. The van der Waals surface area contributed by atoms with Crippen LogP contribution in [0, 0.1) is 13.1 Å². The summed E-state index contributed by atoms with van der Waals surface area (Å²) in [5.41, 5.74) is 14.3. The van der Waals surface area contributed by atoms with E-state index < -0.39 is 0 Å². The molecule has 0 fully saturated rings. The van der Waals surface area contributed by atoms with Gasteiger partial charge in [-0.1, -0.05) is 159 Å². The van der Waals surface area contributed by atoms with Crippen LogP contribution in [0.25, 0.3) is 142 Å². The number of fused-ring (bicyclic) bond motifs is 8. The molecule has 84 heavy (non-hydrogen) atoms. The molecular formula is C69H49N14O+. The van der Waals surface area contributed by atoms with Gasteiger partial charge >= 0.3 is 5.52 Å². The molecule has 0 saturated carbocycles. The van der Waals surface area contributed by atoms with Crippen molar-refractivity contribution in [3.8, 4) is 45.0 Å². The summed E-state index contributed by atoms with van der Waals surface area (Å²) in [6, 6.07) is 73.0. The fourth-order valence-corrected chi connectivity index (χ4v) is 10.6. The molecule has 0 radical (unpaired) electrons. The van der Waals surface area contributed by atoms with E-state index >= 15 is 0 Å². The molecule has 15 nitrogen and oxygen atoms in total. The Balaban J connectivity index is 0.000000105. The van der Waals surface area contributed by atoms with E-state index in [4.69, 9.17) is 13.1 Å². The number of aryl methyl sites for hydroxylation is 3. The molecule has 2 N–H and O–H groups in total. The maximum atomic E-state index is 10.1. The smallest absolute Gasteiger partial charge is 0.310 e. The second kappa shape index (κ2) is 21.9. The van der Waals surface area contributed by atoms with Crippen LogP contribution in [-0.4, -0.2) is 59.7 Å². The summed E-state index contributed by atoms with van der Waals surface area (Å²) in [7, 11) is 5.73. The Kier molecular flexibility index (Phi) is 13.5. The molecule has 0 aliphatic carbocycles. The van der Waals surface area contributed by atoms with Gasteiger partial charge in [0, 0.05) is 60.4 Å². The lowest BCUT2D eigenvalue weighted by Crippen LogP contribution is -2.29. The van der Waals surface area contributed by atoms with E-state index in [1.54, 1.807) is 33.8 Å². The SMILES string of the molecule is Cn1nc(-c2ccc3ccccc3c2)c2c1ccc[n+]2O.Cn1nc(-c2ccc3ccccc3c2)c2ncccc21.[C-]#[N+]c1ccc2[nH]nc(-c3ccc4ccccc4c3)c2n1.[C-]#[N+]c1ccc2c(n1)c(-c1ccc3ccccc3c1)nn2C. The molecule has 15 heteroatoms. The lowest BCUT2D eigenvalue weighted by molar-refractivity contribution is -0.884. The molecule has 0 bridgehead atoms. The third-order valence-corrected chi connectivity index (χ3v) is 14.8. The number of rotatable bonds is 4. The zero-order chi connectivity index (χ0) is 57.3. The third-order valence-electron chi connectivity index (χ3n) is 14.8. The Morgan fingerprint density at radius 2 is 0.821 bits per heavy atom. The zero-order valence-electron chi connectivity index (χ0n) is 45.7. The lowest BCUT2D eigenvalue weighted by atomic mass is 10.0. The van der Waals surface area contributed by atoms with Gasteiger partial charge in [0.2, 0.25) is 17.2 Å². The van der Waals surface area contributed by atoms with E-state index in [0.717, 1.165) is 105 Å². The molecular weight excluding hydrogens is 1040 g/mol. The lowest BCUT2D eigenvalue weighted by Gasteiger charge is -2.01. The van der Waals surface area contributed by atoms with Gasteiger partial charge in [0.1, 0.15) is 39.1 Å². The van der Waals surface area contributed by atoms with Crippen LogP contribution < -0.4 is 4.73 Å². The summed E-state index contributed by atoms with van der Waals surface area (Å²) in [5, 5.41) is 40.7. The number of nitrogens with zero attached hydrogens (tertiary/aromatic N) is 13. The second-order valence-corrected chi connectivity index (χ2v) is 20.0. The Labute approximate surface area is 480 Å². The van der Waals surface area contributed by atoms with Gasteiger partial charge in [-0.2, -0.15) is 20.4 Å². The van der Waals surface area contributed by atoms with Crippen molar-refractivity contribution >= 4 is 98.9 Å². The number of aromatic nitrogens is 12. The minimum absolute atomic E-state index is 0.380. The number of pyridine rings is 4. The maximum absolute atomic E-state index is 10.1. The van der Waals surface area contributed by atoms with Gasteiger partial charge in [0.25, 0.3) is 11.6 Å². The van der Waals surface area contributed by atoms with Gasteiger partial charge in [-0.15, -0.1) is 9.97 Å². The predicted molar refractivity (Wildman–Crippen MR) is 333 cm³/mol. The number of nitrogens with one attached hydrogen (secondary N) is 1. The molecule has 0 saturated heterocycles. The van der Waals surface area contributed by atoms with E-state index in [1.807, 2.05) is 111 Å². The van der Waals surface area contributed by atoms with Crippen molar-refractivity contribution in [3.63, 3.8) is 0 Å². The van der Waals surface area contributed by atoms with Gasteiger partial charge < -0.3 is 9.69 Å². The highest BCUT2D eigenvalue weighted by Gasteiger charge is 2.22. The van der Waals surface area contributed by atoms with Crippen LogP contribution in [0.15, 0.2) is 231 Å². The first-order valence-electron chi connectivity index (χ1n) is 26.9. The normalized spacial score (nSPS) is 11.1. The highest BCUT2D eigenvalue weighted by Crippen LogP contribution is 2.33. The Hall–Kier alpha value is -11.9. The standard InChI is InChI=1S/C18H12N4.C17H10N4.C17H14N3O.C17H13N3/c1-19-16-10-9-15-18(20-16)17(21-22(15)2)14-8-7-12-5-3-4-6-13(12)11-14;1-18-15-9-8-14-17(19-15)16(21-20-14)13-7-6-11-4-2-3-5-12(11)10-13;1-19-15-7-4-10-20(21)17(15)16(18-19)14-9-8-12-5-2-3-6-13(12)11-14;1-20-15-7-4-10-18-17(15)16(19-20)14-9-8-12-5-2-3-6-13(12)11-14/h3-11H,2H3;2-10H,(H,20,21);2-11,21H,1H3;2-11H,1H3/q;;+1;. The van der Waals surface area contributed by atoms with E-state index in [-0.39, 0.29) is 0 Å². The number of benzene rings is 8. The fraction of sp³-hybridized carbons (Fsp3) is 0.0435. The van der Waals surface area contributed by atoms with Crippen LogP contribution in [0.4, 0.5) is 11.6 Å². The van der Waals surface area contributed by atoms with Crippen molar-refractivity contribution in [2.24, 2.45) is 21.1 Å². The quantitative estimate of drug-likeness (QED) is 0.100. The molecule has 8 heterocycles. The number of H-pyrrole nitrogens is 1. The first-order valence-corrected chi connectivity index (χ1v) is 26.9. The molecule has 400 valence electrons. The summed E-state index contributed by atoms with van der Waals surface area (Å²) in [6.07, 6.45) is 3.43. The molecule has 8 aromatic carbocycles. The summed E-state index contributed by atoms with van der Waals surface area (Å²) in [6.45, 7) is 14.2. The number of aromatic amines is 1. The summed E-state index contributed by atoms with van der Waals surface area (Å²) >= 11 is 0. The minimum Gasteiger partial charge on any atom is -0.361 e. The molecule has 0 atom stereocenters. The Morgan fingerprint density at radius 1 is 0.405 bits per heavy atom. The molecule has 0 unspecified atom stereocenters. The first-order chi connectivity index (χ1) is 41.2. The minimum atomic E-state index is 0.380. The largest absolute Gasteiger partial charge is 0.361 e. The van der Waals surface area contributed by atoms with Gasteiger partial charge in [-0.3, -0.25) is 29.3 Å². The summed E-state index contributed by atoms with van der Waals surface area (Å²) in [5.74, 6) is 0.772. The van der Waals surface area contributed by atoms with E-state index in [2.05, 4.69) is 171 Å². The van der Waals surface area contributed by atoms with Gasteiger partial charge in [-0.25, -0.2) is 0 Å². The van der Waals surface area contributed by atoms with Crippen LogP contribution in [0.3, 0.4) is 0 Å². The molecule has 0 aliphatic heterocycles. The predicted octanol–water partition coefficient (Wildman–Crippen LogP) is 15.4. The molecule has 16 aromatic rings. The van der Waals surface area contributed by atoms with Crippen molar-refractivity contribution in [2.45, 2.75) is 0 Å². The Bertz CT molecular complexity index is 5270. The van der Waals surface area contributed by atoms with Crippen molar-refractivity contribution in [2.75, 3.05) is 0 Å². The second-order valence-electron chi connectivity index (χ2n) is 20.0. The average Bonchev–Trinajstić information content (AvgIpc) is 3.46. The van der Waals surface area contributed by atoms with Crippen LogP contribution >= 0.6 is 0 Å². The van der Waals surface area contributed by atoms with Crippen LogP contribution in [0.2, 0.25) is 0 Å². The summed E-state index contributed by atoms with van der Waals surface area (Å²) in [4.78, 5) is 20.1. The van der Waals surface area contributed by atoms with Crippen molar-refractivity contribution in [1.82, 2.24) is 54.5 Å². The monoisotopic (exact) mass is 1090 g/mol. The van der Waals surface area contributed by atoms with Gasteiger partial charge in [0.15, 0.2) is 5.69 Å². The number of hydrogen-bond donors (Lipinski definition) is 2.